The molecule has 7 nitrogen and oxygen atoms in total. The summed E-state index contributed by atoms with van der Waals surface area (Å²) in [5.74, 6) is -1.27. The quantitative estimate of drug-likeness (QED) is 0.617. The smallest absolute Gasteiger partial charge is 0.381 e. The van der Waals surface area contributed by atoms with Crippen LogP contribution in [0.15, 0.2) is 12.1 Å². The molecule has 1 N–H and O–H groups in total. The van der Waals surface area contributed by atoms with Crippen LogP contribution in [-0.4, -0.2) is 21.6 Å². The first-order chi connectivity index (χ1) is 7.49. The molecule has 0 radical (unpaired) electrons. The molecule has 0 atom stereocenters. The molecule has 0 amide bonds. The van der Waals surface area contributed by atoms with Crippen LogP contribution >= 0.6 is 0 Å². The predicted molar refractivity (Wildman–Crippen MR) is 50.5 cm³/mol. The number of nitrogens with zero attached hydrogens (tertiary/aromatic N) is 2. The van der Waals surface area contributed by atoms with Crippen LogP contribution in [0.1, 0.15) is 5.56 Å². The van der Waals surface area contributed by atoms with E-state index in [0.717, 1.165) is 12.1 Å². The predicted octanol–water partition coefficient (Wildman–Crippen LogP) is 1.18. The van der Waals surface area contributed by atoms with Crippen molar-refractivity contribution >= 4 is 11.4 Å². The molecule has 0 bridgehead atoms. The van der Waals surface area contributed by atoms with E-state index in [4.69, 9.17) is 5.11 Å². The molecule has 1 aromatic rings. The fraction of sp³-hybridized carbons (Fsp3) is 0.250. The van der Waals surface area contributed by atoms with E-state index < -0.39 is 33.6 Å². The molecule has 86 valence electrons. The second-order valence-corrected chi connectivity index (χ2v) is 2.89. The number of benzene rings is 1. The van der Waals surface area contributed by atoms with Gasteiger partial charge in [-0.25, -0.2) is 0 Å². The molecular formula is C8H7FN2O5. The molecule has 0 fully saturated rings. The lowest BCUT2D eigenvalue weighted by atomic mass is 10.1. The molecular weight excluding hydrogens is 223 g/mol. The van der Waals surface area contributed by atoms with Crippen molar-refractivity contribution in [2.75, 3.05) is 6.61 Å². The van der Waals surface area contributed by atoms with Gasteiger partial charge in [0.15, 0.2) is 0 Å². The Bertz CT molecular complexity index is 448. The Hall–Kier alpha value is -2.09. The summed E-state index contributed by atoms with van der Waals surface area (Å²) in [6, 6.07) is 1.91. The van der Waals surface area contributed by atoms with E-state index in [1.54, 1.807) is 0 Å². The third-order valence-corrected chi connectivity index (χ3v) is 1.94. The van der Waals surface area contributed by atoms with Crippen LogP contribution in [0.5, 0.6) is 0 Å². The molecule has 0 heterocycles. The van der Waals surface area contributed by atoms with E-state index in [1.807, 2.05) is 0 Å². The van der Waals surface area contributed by atoms with Crippen LogP contribution in [0.2, 0.25) is 0 Å². The number of hydrogen-bond donors (Lipinski definition) is 1. The van der Waals surface area contributed by atoms with Gasteiger partial charge in [-0.05, 0) is 18.1 Å². The van der Waals surface area contributed by atoms with Crippen LogP contribution < -0.4 is 0 Å². The van der Waals surface area contributed by atoms with Crippen LogP contribution in [0.3, 0.4) is 0 Å². The van der Waals surface area contributed by atoms with Crippen molar-refractivity contribution in [2.24, 2.45) is 0 Å². The highest BCUT2D eigenvalue weighted by atomic mass is 19.1. The van der Waals surface area contributed by atoms with Gasteiger partial charge >= 0.3 is 11.4 Å². The van der Waals surface area contributed by atoms with Gasteiger partial charge in [-0.15, -0.1) is 0 Å². The summed E-state index contributed by atoms with van der Waals surface area (Å²) in [6.45, 7) is -0.397. The first kappa shape index (κ1) is 12.0. The summed E-state index contributed by atoms with van der Waals surface area (Å²) in [6.07, 6.45) is -0.134. The van der Waals surface area contributed by atoms with E-state index in [-0.39, 0.29) is 12.0 Å². The van der Waals surface area contributed by atoms with Gasteiger partial charge in [0.05, 0.1) is 9.85 Å². The van der Waals surface area contributed by atoms with Gasteiger partial charge in [0.25, 0.3) is 0 Å². The molecule has 8 heteroatoms. The molecule has 0 spiro atoms. The Morgan fingerprint density at radius 3 is 2.31 bits per heavy atom. The number of rotatable bonds is 4. The summed E-state index contributed by atoms with van der Waals surface area (Å²) < 4.78 is 13.5. The SMILES string of the molecule is O=[N+]([O-])c1ccc(CCO)c(F)c1[N+](=O)[O-]. The van der Waals surface area contributed by atoms with Crippen molar-refractivity contribution in [1.82, 2.24) is 0 Å². The van der Waals surface area contributed by atoms with E-state index >= 15 is 0 Å². The van der Waals surface area contributed by atoms with Crippen LogP contribution in [0.4, 0.5) is 15.8 Å². The number of hydrogen-bond acceptors (Lipinski definition) is 5. The highest BCUT2D eigenvalue weighted by molar-refractivity contribution is 5.55. The molecule has 0 saturated heterocycles. The maximum Gasteiger partial charge on any atom is 0.381 e. The average molecular weight is 230 g/mol. The average Bonchev–Trinajstić information content (AvgIpc) is 2.20. The molecule has 0 aromatic heterocycles. The van der Waals surface area contributed by atoms with E-state index in [1.165, 1.54) is 0 Å². The van der Waals surface area contributed by atoms with Crippen molar-refractivity contribution in [3.05, 3.63) is 43.7 Å². The number of nitro benzene ring substituents is 2. The van der Waals surface area contributed by atoms with Crippen molar-refractivity contribution in [3.63, 3.8) is 0 Å². The summed E-state index contributed by atoms with van der Waals surface area (Å²) in [4.78, 5) is 18.8. The van der Waals surface area contributed by atoms with Gasteiger partial charge in [-0.1, -0.05) is 0 Å². The maximum absolute atomic E-state index is 13.5. The lowest BCUT2D eigenvalue weighted by Crippen LogP contribution is -2.03. The zero-order chi connectivity index (χ0) is 12.3. The Morgan fingerprint density at radius 2 is 1.88 bits per heavy atom. The van der Waals surface area contributed by atoms with Crippen molar-refractivity contribution in [1.29, 1.82) is 0 Å². The van der Waals surface area contributed by atoms with Crippen molar-refractivity contribution in [2.45, 2.75) is 6.42 Å². The monoisotopic (exact) mass is 230 g/mol. The number of aliphatic hydroxyl groups excluding tert-OH is 1. The summed E-state index contributed by atoms with van der Waals surface area (Å²) in [7, 11) is 0. The molecule has 0 saturated carbocycles. The van der Waals surface area contributed by atoms with Gasteiger partial charge in [-0.2, -0.15) is 4.39 Å². The maximum atomic E-state index is 13.5. The van der Waals surface area contributed by atoms with Crippen molar-refractivity contribution < 1.29 is 19.3 Å². The fourth-order valence-corrected chi connectivity index (χ4v) is 1.23. The Morgan fingerprint density at radius 1 is 1.25 bits per heavy atom. The van der Waals surface area contributed by atoms with Crippen LogP contribution in [0, 0.1) is 26.0 Å². The Labute approximate surface area is 88.4 Å². The minimum Gasteiger partial charge on any atom is -0.396 e. The molecule has 16 heavy (non-hydrogen) atoms. The molecule has 1 rings (SSSR count). The lowest BCUT2D eigenvalue weighted by molar-refractivity contribution is -0.424. The molecule has 0 aliphatic carbocycles. The van der Waals surface area contributed by atoms with E-state index in [9.17, 15) is 24.6 Å². The normalized spacial score (nSPS) is 10.1. The largest absolute Gasteiger partial charge is 0.396 e. The zero-order valence-corrected chi connectivity index (χ0v) is 7.92. The third-order valence-electron chi connectivity index (χ3n) is 1.94. The second kappa shape index (κ2) is 4.62. The molecule has 1 aromatic carbocycles. The van der Waals surface area contributed by atoms with Gasteiger partial charge in [-0.3, -0.25) is 20.2 Å². The van der Waals surface area contributed by atoms with Gasteiger partial charge < -0.3 is 5.11 Å². The number of nitro groups is 2. The van der Waals surface area contributed by atoms with Gasteiger partial charge in [0.2, 0.25) is 5.82 Å². The van der Waals surface area contributed by atoms with Crippen molar-refractivity contribution in [3.8, 4) is 0 Å². The molecule has 0 aliphatic heterocycles. The summed E-state index contributed by atoms with van der Waals surface area (Å²) in [5.41, 5.74) is -2.19. The lowest BCUT2D eigenvalue weighted by Gasteiger charge is -2.01. The number of halogens is 1. The van der Waals surface area contributed by atoms with Gasteiger partial charge in [0, 0.05) is 12.7 Å². The second-order valence-electron chi connectivity index (χ2n) is 2.89. The van der Waals surface area contributed by atoms with E-state index in [2.05, 4.69) is 0 Å². The first-order valence-corrected chi connectivity index (χ1v) is 4.20. The van der Waals surface area contributed by atoms with Crippen LogP contribution in [0.25, 0.3) is 0 Å². The zero-order valence-electron chi connectivity index (χ0n) is 7.92. The molecule has 0 unspecified atom stereocenters. The topological polar surface area (TPSA) is 107 Å². The van der Waals surface area contributed by atoms with E-state index in [0.29, 0.717) is 0 Å². The third kappa shape index (κ3) is 2.11. The fourth-order valence-electron chi connectivity index (χ4n) is 1.23. The Kier molecular flexibility index (Phi) is 3.46. The Balaban J connectivity index is 3.41. The molecule has 0 aliphatic rings. The van der Waals surface area contributed by atoms with Crippen LogP contribution in [-0.2, 0) is 6.42 Å². The summed E-state index contributed by atoms with van der Waals surface area (Å²) >= 11 is 0. The highest BCUT2D eigenvalue weighted by Crippen LogP contribution is 2.31. The number of aliphatic hydroxyl groups is 1. The highest BCUT2D eigenvalue weighted by Gasteiger charge is 2.30. The van der Waals surface area contributed by atoms with Gasteiger partial charge in [0.1, 0.15) is 0 Å². The standard InChI is InChI=1S/C8H7FN2O5/c9-7-5(3-4-12)1-2-6(10(13)14)8(7)11(15)16/h1-2,12H,3-4H2. The minimum absolute atomic E-state index is 0.125. The summed E-state index contributed by atoms with van der Waals surface area (Å²) in [5, 5.41) is 29.5. The first-order valence-electron chi connectivity index (χ1n) is 4.20. The minimum atomic E-state index is -1.27.